The highest BCUT2D eigenvalue weighted by Crippen LogP contribution is 2.23. The molecule has 3 heteroatoms. The van der Waals surface area contributed by atoms with Crippen LogP contribution in [0.2, 0.25) is 0 Å². The van der Waals surface area contributed by atoms with Crippen LogP contribution in [0.5, 0.6) is 0 Å². The molecule has 0 saturated heterocycles. The van der Waals surface area contributed by atoms with E-state index in [0.717, 1.165) is 31.2 Å². The maximum atomic E-state index is 4.57. The molecular weight excluding hydrogens is 234 g/mol. The number of rotatable bonds is 8. The first-order valence-corrected chi connectivity index (χ1v) is 7.45. The van der Waals surface area contributed by atoms with Crippen LogP contribution in [0.15, 0.2) is 18.3 Å². The Morgan fingerprint density at radius 3 is 2.68 bits per heavy atom. The summed E-state index contributed by atoms with van der Waals surface area (Å²) in [6.07, 6.45) is 4.24. The predicted molar refractivity (Wildman–Crippen MR) is 83.7 cm³/mol. The average Bonchev–Trinajstić information content (AvgIpc) is 2.42. The van der Waals surface area contributed by atoms with E-state index in [1.54, 1.807) is 0 Å². The van der Waals surface area contributed by atoms with Crippen LogP contribution in [-0.2, 0) is 0 Å². The molecule has 1 heterocycles. The Labute approximate surface area is 118 Å². The fourth-order valence-electron chi connectivity index (χ4n) is 2.09. The van der Waals surface area contributed by atoms with Crippen molar-refractivity contribution in [2.24, 2.45) is 5.92 Å². The van der Waals surface area contributed by atoms with Gasteiger partial charge in [-0.3, -0.25) is 0 Å². The van der Waals surface area contributed by atoms with E-state index in [2.05, 4.69) is 56.0 Å². The van der Waals surface area contributed by atoms with Crippen LogP contribution >= 0.6 is 0 Å². The highest BCUT2D eigenvalue weighted by atomic mass is 15.2. The number of anilines is 1. The number of nitrogens with zero attached hydrogens (tertiary/aromatic N) is 2. The highest BCUT2D eigenvalue weighted by molar-refractivity contribution is 5.47. The van der Waals surface area contributed by atoms with Crippen LogP contribution in [0.25, 0.3) is 0 Å². The molecule has 0 aromatic carbocycles. The zero-order valence-electron chi connectivity index (χ0n) is 13.1. The quantitative estimate of drug-likeness (QED) is 0.776. The van der Waals surface area contributed by atoms with Gasteiger partial charge < -0.3 is 10.2 Å². The van der Waals surface area contributed by atoms with Gasteiger partial charge in [-0.2, -0.15) is 0 Å². The smallest absolute Gasteiger partial charge is 0.133 e. The topological polar surface area (TPSA) is 28.2 Å². The summed E-state index contributed by atoms with van der Waals surface area (Å²) in [6.45, 7) is 11.0. The molecule has 0 aliphatic carbocycles. The number of hydrogen-bond donors (Lipinski definition) is 1. The fraction of sp³-hybridized carbons (Fsp3) is 0.688. The largest absolute Gasteiger partial charge is 0.359 e. The SMILES string of the molecule is CCCNC(C)c1cccnc1N(C)CCC(C)C. The minimum atomic E-state index is 0.352. The van der Waals surface area contributed by atoms with E-state index < -0.39 is 0 Å². The second kappa shape index (κ2) is 8.16. The Morgan fingerprint density at radius 2 is 2.05 bits per heavy atom. The highest BCUT2D eigenvalue weighted by Gasteiger charge is 2.14. The molecule has 0 radical (unpaired) electrons. The first kappa shape index (κ1) is 16.0. The van der Waals surface area contributed by atoms with E-state index in [1.165, 1.54) is 12.0 Å². The van der Waals surface area contributed by atoms with Crippen molar-refractivity contribution in [3.8, 4) is 0 Å². The van der Waals surface area contributed by atoms with Crippen LogP contribution in [0.3, 0.4) is 0 Å². The summed E-state index contributed by atoms with van der Waals surface area (Å²) in [5.41, 5.74) is 1.29. The minimum absolute atomic E-state index is 0.352. The standard InChI is InChI=1S/C16H29N3/c1-6-10-17-14(4)15-8-7-11-18-16(15)19(5)12-9-13(2)3/h7-8,11,13-14,17H,6,9-10,12H2,1-5H3. The third-order valence-corrected chi connectivity index (χ3v) is 3.39. The molecule has 108 valence electrons. The van der Waals surface area contributed by atoms with Crippen LogP contribution in [-0.4, -0.2) is 25.1 Å². The lowest BCUT2D eigenvalue weighted by Gasteiger charge is -2.25. The molecule has 1 rings (SSSR count). The summed E-state index contributed by atoms with van der Waals surface area (Å²) in [6, 6.07) is 4.56. The predicted octanol–water partition coefficient (Wildman–Crippen LogP) is 3.62. The molecule has 1 aromatic heterocycles. The van der Waals surface area contributed by atoms with Gasteiger partial charge in [0.25, 0.3) is 0 Å². The summed E-state index contributed by atoms with van der Waals surface area (Å²) < 4.78 is 0. The first-order valence-electron chi connectivity index (χ1n) is 7.45. The van der Waals surface area contributed by atoms with Crippen LogP contribution in [0, 0.1) is 5.92 Å². The summed E-state index contributed by atoms with van der Waals surface area (Å²) >= 11 is 0. The van der Waals surface area contributed by atoms with Crippen molar-refractivity contribution in [2.45, 2.75) is 46.6 Å². The summed E-state index contributed by atoms with van der Waals surface area (Å²) in [4.78, 5) is 6.85. The van der Waals surface area contributed by atoms with E-state index in [9.17, 15) is 0 Å². The third-order valence-electron chi connectivity index (χ3n) is 3.39. The van der Waals surface area contributed by atoms with Gasteiger partial charge in [-0.25, -0.2) is 4.98 Å². The Balaban J connectivity index is 2.76. The van der Waals surface area contributed by atoms with Gasteiger partial charge in [0, 0.05) is 31.4 Å². The van der Waals surface area contributed by atoms with Crippen LogP contribution in [0.4, 0.5) is 5.82 Å². The maximum absolute atomic E-state index is 4.57. The van der Waals surface area contributed by atoms with Gasteiger partial charge in [0.05, 0.1) is 0 Å². The summed E-state index contributed by atoms with van der Waals surface area (Å²) in [5, 5.41) is 3.54. The molecule has 0 aliphatic heterocycles. The Bertz CT molecular complexity index is 363. The molecule has 0 aliphatic rings. The molecule has 0 bridgehead atoms. The Kier molecular flexibility index (Phi) is 6.85. The van der Waals surface area contributed by atoms with Crippen molar-refractivity contribution in [1.29, 1.82) is 0 Å². The van der Waals surface area contributed by atoms with Crippen molar-refractivity contribution in [3.05, 3.63) is 23.9 Å². The molecular formula is C16H29N3. The van der Waals surface area contributed by atoms with E-state index >= 15 is 0 Å². The second-order valence-corrected chi connectivity index (χ2v) is 5.70. The van der Waals surface area contributed by atoms with Gasteiger partial charge in [0.2, 0.25) is 0 Å². The third kappa shape index (κ3) is 5.19. The number of nitrogens with one attached hydrogen (secondary N) is 1. The lowest BCUT2D eigenvalue weighted by Crippen LogP contribution is -2.26. The number of hydrogen-bond acceptors (Lipinski definition) is 3. The molecule has 3 nitrogen and oxygen atoms in total. The lowest BCUT2D eigenvalue weighted by atomic mass is 10.1. The van der Waals surface area contributed by atoms with E-state index in [0.29, 0.717) is 6.04 Å². The van der Waals surface area contributed by atoms with Gasteiger partial charge in [-0.15, -0.1) is 0 Å². The van der Waals surface area contributed by atoms with Gasteiger partial charge in [0.1, 0.15) is 5.82 Å². The molecule has 0 fully saturated rings. The molecule has 0 saturated carbocycles. The number of aromatic nitrogens is 1. The molecule has 1 aromatic rings. The van der Waals surface area contributed by atoms with Gasteiger partial charge in [-0.05, 0) is 38.3 Å². The second-order valence-electron chi connectivity index (χ2n) is 5.70. The van der Waals surface area contributed by atoms with Gasteiger partial charge in [-0.1, -0.05) is 26.8 Å². The van der Waals surface area contributed by atoms with Crippen molar-refractivity contribution >= 4 is 5.82 Å². The Hall–Kier alpha value is -1.09. The average molecular weight is 263 g/mol. The zero-order chi connectivity index (χ0) is 14.3. The van der Waals surface area contributed by atoms with Gasteiger partial charge >= 0.3 is 0 Å². The number of pyridine rings is 1. The van der Waals surface area contributed by atoms with Gasteiger partial charge in [0.15, 0.2) is 0 Å². The monoisotopic (exact) mass is 263 g/mol. The maximum Gasteiger partial charge on any atom is 0.133 e. The van der Waals surface area contributed by atoms with Crippen LogP contribution in [0.1, 0.15) is 52.1 Å². The molecule has 1 N–H and O–H groups in total. The van der Waals surface area contributed by atoms with E-state index in [1.807, 2.05) is 12.3 Å². The van der Waals surface area contributed by atoms with Crippen molar-refractivity contribution in [2.75, 3.05) is 25.0 Å². The van der Waals surface area contributed by atoms with Crippen molar-refractivity contribution < 1.29 is 0 Å². The van der Waals surface area contributed by atoms with Crippen molar-refractivity contribution in [1.82, 2.24) is 10.3 Å². The van der Waals surface area contributed by atoms with E-state index in [-0.39, 0.29) is 0 Å². The first-order chi connectivity index (χ1) is 9.06. The Morgan fingerprint density at radius 1 is 1.32 bits per heavy atom. The lowest BCUT2D eigenvalue weighted by molar-refractivity contribution is 0.561. The normalized spacial score (nSPS) is 12.7. The van der Waals surface area contributed by atoms with Crippen molar-refractivity contribution in [3.63, 3.8) is 0 Å². The molecule has 0 spiro atoms. The molecule has 19 heavy (non-hydrogen) atoms. The van der Waals surface area contributed by atoms with Crippen LogP contribution < -0.4 is 10.2 Å². The van der Waals surface area contributed by atoms with E-state index in [4.69, 9.17) is 0 Å². The molecule has 0 amide bonds. The summed E-state index contributed by atoms with van der Waals surface area (Å²) in [7, 11) is 2.14. The fourth-order valence-corrected chi connectivity index (χ4v) is 2.09. The molecule has 1 unspecified atom stereocenters. The minimum Gasteiger partial charge on any atom is -0.359 e. The zero-order valence-corrected chi connectivity index (χ0v) is 13.1. The molecule has 1 atom stereocenters. The summed E-state index contributed by atoms with van der Waals surface area (Å²) in [5.74, 6) is 1.84.